The van der Waals surface area contributed by atoms with Crippen molar-refractivity contribution in [3.05, 3.63) is 29.3 Å². The number of amides is 2. The Morgan fingerprint density at radius 3 is 2.40 bits per heavy atom. The van der Waals surface area contributed by atoms with E-state index in [0.29, 0.717) is 11.6 Å². The molecule has 0 spiro atoms. The van der Waals surface area contributed by atoms with E-state index in [-0.39, 0.29) is 17.7 Å². The van der Waals surface area contributed by atoms with Crippen molar-refractivity contribution in [3.63, 3.8) is 0 Å². The van der Waals surface area contributed by atoms with Crippen LogP contribution in [0.4, 0.5) is 5.69 Å². The predicted octanol–water partition coefficient (Wildman–Crippen LogP) is 0.0587. The fourth-order valence-electron chi connectivity index (χ4n) is 2.45. The molecule has 0 aliphatic carbocycles. The van der Waals surface area contributed by atoms with E-state index in [0.717, 1.165) is 31.6 Å². The number of primary amides is 1. The Kier molecular flexibility index (Phi) is 4.98. The van der Waals surface area contributed by atoms with Gasteiger partial charge in [0.1, 0.15) is 0 Å². The summed E-state index contributed by atoms with van der Waals surface area (Å²) in [5.41, 5.74) is 6.03. The topological polar surface area (TPSA) is 76.6 Å². The number of piperidine rings is 1. The van der Waals surface area contributed by atoms with Gasteiger partial charge in [0.15, 0.2) is 6.54 Å². The van der Waals surface area contributed by atoms with Crippen LogP contribution in [-0.2, 0) is 9.59 Å². The highest BCUT2D eigenvalue weighted by molar-refractivity contribution is 6.30. The maximum absolute atomic E-state index is 11.9. The van der Waals surface area contributed by atoms with Crippen molar-refractivity contribution < 1.29 is 14.5 Å². The predicted molar refractivity (Wildman–Crippen MR) is 77.6 cm³/mol. The third kappa shape index (κ3) is 4.21. The second-order valence-corrected chi connectivity index (χ2v) is 5.59. The number of likely N-dealkylation sites (tertiary alicyclic amines) is 1. The van der Waals surface area contributed by atoms with E-state index in [1.54, 1.807) is 24.3 Å². The van der Waals surface area contributed by atoms with Gasteiger partial charge in [-0.2, -0.15) is 0 Å². The second kappa shape index (κ2) is 6.72. The van der Waals surface area contributed by atoms with Gasteiger partial charge in [-0.15, -0.1) is 0 Å². The Morgan fingerprint density at radius 2 is 1.85 bits per heavy atom. The number of halogens is 1. The molecular weight excluding hydrogens is 278 g/mol. The molecule has 1 aromatic rings. The number of carbonyl (C=O) groups excluding carboxylic acids is 2. The zero-order valence-electron chi connectivity index (χ0n) is 11.2. The summed E-state index contributed by atoms with van der Waals surface area (Å²) in [6.45, 7) is 2.03. The number of carbonyl (C=O) groups is 2. The van der Waals surface area contributed by atoms with E-state index in [9.17, 15) is 9.59 Å². The fraction of sp³-hybridized carbons (Fsp3) is 0.429. The lowest BCUT2D eigenvalue weighted by atomic mass is 9.96. The van der Waals surface area contributed by atoms with Crippen LogP contribution < -0.4 is 16.0 Å². The molecule has 2 amide bonds. The minimum absolute atomic E-state index is 0.0279. The van der Waals surface area contributed by atoms with Gasteiger partial charge in [0.05, 0.1) is 13.1 Å². The van der Waals surface area contributed by atoms with Gasteiger partial charge in [0.25, 0.3) is 5.91 Å². The number of quaternary nitrogens is 1. The molecule has 1 fully saturated rings. The lowest BCUT2D eigenvalue weighted by Gasteiger charge is -2.27. The largest absolute Gasteiger partial charge is 0.369 e. The average Bonchev–Trinajstić information content (AvgIpc) is 2.42. The highest BCUT2D eigenvalue weighted by Gasteiger charge is 2.26. The summed E-state index contributed by atoms with van der Waals surface area (Å²) < 4.78 is 0. The van der Waals surface area contributed by atoms with Gasteiger partial charge in [-0.25, -0.2) is 0 Å². The lowest BCUT2D eigenvalue weighted by molar-refractivity contribution is -0.897. The highest BCUT2D eigenvalue weighted by Crippen LogP contribution is 2.13. The SMILES string of the molecule is NC(=O)C1CC[NH+](CC(=O)Nc2ccc(Cl)cc2)CC1. The summed E-state index contributed by atoms with van der Waals surface area (Å²) in [6, 6.07) is 7.02. The molecule has 6 heteroatoms. The minimum Gasteiger partial charge on any atom is -0.369 e. The molecule has 4 N–H and O–H groups in total. The van der Waals surface area contributed by atoms with Gasteiger partial charge in [0, 0.05) is 29.5 Å². The van der Waals surface area contributed by atoms with Crippen LogP contribution in [0.15, 0.2) is 24.3 Å². The smallest absolute Gasteiger partial charge is 0.279 e. The van der Waals surface area contributed by atoms with Gasteiger partial charge >= 0.3 is 0 Å². The van der Waals surface area contributed by atoms with Crippen LogP contribution in [0.3, 0.4) is 0 Å². The normalized spacial score (nSPS) is 22.2. The van der Waals surface area contributed by atoms with Crippen molar-refractivity contribution in [2.24, 2.45) is 11.7 Å². The Hall–Kier alpha value is -1.59. The van der Waals surface area contributed by atoms with Gasteiger partial charge in [-0.3, -0.25) is 9.59 Å². The molecule has 1 saturated heterocycles. The van der Waals surface area contributed by atoms with Crippen molar-refractivity contribution in [3.8, 4) is 0 Å². The average molecular weight is 297 g/mol. The summed E-state index contributed by atoms with van der Waals surface area (Å²) in [4.78, 5) is 24.2. The van der Waals surface area contributed by atoms with Crippen molar-refractivity contribution in [1.29, 1.82) is 0 Å². The molecule has 1 aromatic carbocycles. The molecular formula is C14H19ClN3O2+. The van der Waals surface area contributed by atoms with Gasteiger partial charge in [-0.05, 0) is 24.3 Å². The third-order valence-corrected chi connectivity index (χ3v) is 3.89. The standard InChI is InChI=1S/C14H18ClN3O2/c15-11-1-3-12(4-2-11)17-13(19)9-18-7-5-10(6-8-18)14(16)20/h1-4,10H,5-9H2,(H2,16,20)(H,17,19)/p+1. The van der Waals surface area contributed by atoms with Crippen molar-refractivity contribution in [1.82, 2.24) is 0 Å². The summed E-state index contributed by atoms with van der Waals surface area (Å²) in [6.07, 6.45) is 1.53. The minimum atomic E-state index is -0.227. The van der Waals surface area contributed by atoms with E-state index >= 15 is 0 Å². The Balaban J connectivity index is 1.78. The maximum Gasteiger partial charge on any atom is 0.279 e. The first-order chi connectivity index (χ1) is 9.54. The van der Waals surface area contributed by atoms with Crippen LogP contribution in [0, 0.1) is 5.92 Å². The summed E-state index contributed by atoms with van der Waals surface area (Å²) in [5, 5.41) is 3.48. The summed E-state index contributed by atoms with van der Waals surface area (Å²) >= 11 is 5.79. The van der Waals surface area contributed by atoms with Crippen molar-refractivity contribution in [2.45, 2.75) is 12.8 Å². The molecule has 2 rings (SSSR count). The van der Waals surface area contributed by atoms with Crippen molar-refractivity contribution >= 4 is 29.1 Å². The third-order valence-electron chi connectivity index (χ3n) is 3.63. The van der Waals surface area contributed by atoms with Gasteiger partial charge in [0.2, 0.25) is 5.91 Å². The molecule has 1 heterocycles. The van der Waals surface area contributed by atoms with Crippen LogP contribution in [0.5, 0.6) is 0 Å². The number of hydrogen-bond donors (Lipinski definition) is 3. The van der Waals surface area contributed by atoms with E-state index in [1.807, 2.05) is 0 Å². The molecule has 0 bridgehead atoms. The molecule has 0 saturated carbocycles. The van der Waals surface area contributed by atoms with Gasteiger partial charge in [-0.1, -0.05) is 11.6 Å². The quantitative estimate of drug-likeness (QED) is 0.735. The van der Waals surface area contributed by atoms with Crippen LogP contribution in [0.25, 0.3) is 0 Å². The molecule has 5 nitrogen and oxygen atoms in total. The van der Waals surface area contributed by atoms with Gasteiger partial charge < -0.3 is 16.0 Å². The van der Waals surface area contributed by atoms with Crippen molar-refractivity contribution in [2.75, 3.05) is 25.0 Å². The number of benzene rings is 1. The molecule has 20 heavy (non-hydrogen) atoms. The molecule has 1 aliphatic rings. The van der Waals surface area contributed by atoms with E-state index in [4.69, 9.17) is 17.3 Å². The lowest BCUT2D eigenvalue weighted by Crippen LogP contribution is -3.14. The highest BCUT2D eigenvalue weighted by atomic mass is 35.5. The van der Waals surface area contributed by atoms with Crippen LogP contribution in [0.2, 0.25) is 5.02 Å². The zero-order valence-corrected chi connectivity index (χ0v) is 12.0. The second-order valence-electron chi connectivity index (χ2n) is 5.16. The molecule has 0 radical (unpaired) electrons. The summed E-state index contributed by atoms with van der Waals surface area (Å²) in [5.74, 6) is -0.285. The number of rotatable bonds is 4. The fourth-order valence-corrected chi connectivity index (χ4v) is 2.58. The Morgan fingerprint density at radius 1 is 1.25 bits per heavy atom. The van der Waals surface area contributed by atoms with Crippen LogP contribution in [-0.4, -0.2) is 31.4 Å². The van der Waals surface area contributed by atoms with E-state index in [1.165, 1.54) is 4.90 Å². The first kappa shape index (κ1) is 14.8. The monoisotopic (exact) mass is 296 g/mol. The van der Waals surface area contributed by atoms with Crippen LogP contribution in [0.1, 0.15) is 12.8 Å². The number of nitrogens with two attached hydrogens (primary N) is 1. The molecule has 0 aromatic heterocycles. The Labute approximate surface area is 123 Å². The number of hydrogen-bond acceptors (Lipinski definition) is 2. The summed E-state index contributed by atoms with van der Waals surface area (Å²) in [7, 11) is 0. The molecule has 0 atom stereocenters. The molecule has 108 valence electrons. The number of anilines is 1. The first-order valence-corrected chi connectivity index (χ1v) is 7.10. The zero-order chi connectivity index (χ0) is 14.5. The van der Waals surface area contributed by atoms with Crippen LogP contribution >= 0.6 is 11.6 Å². The number of nitrogens with one attached hydrogen (secondary N) is 2. The first-order valence-electron chi connectivity index (χ1n) is 6.73. The molecule has 0 unspecified atom stereocenters. The Bertz CT molecular complexity index is 482. The van der Waals surface area contributed by atoms with E-state index in [2.05, 4.69) is 5.32 Å². The van der Waals surface area contributed by atoms with E-state index < -0.39 is 0 Å². The molecule has 1 aliphatic heterocycles. The maximum atomic E-state index is 11.9.